The molecule has 0 saturated heterocycles. The van der Waals surface area contributed by atoms with E-state index < -0.39 is 0 Å². The topological polar surface area (TPSA) is 0 Å². The third kappa shape index (κ3) is 3.75. The Morgan fingerprint density at radius 1 is 1.00 bits per heavy atom. The van der Waals surface area contributed by atoms with Gasteiger partial charge in [-0.1, -0.05) is 33.1 Å². The summed E-state index contributed by atoms with van der Waals surface area (Å²) in [5.41, 5.74) is 4.39. The second kappa shape index (κ2) is 6.24. The maximum absolute atomic E-state index is 3.44. The van der Waals surface area contributed by atoms with Crippen LogP contribution >= 0.6 is 0 Å². The number of allylic oxidation sites excluding steroid dienone is 4. The normalized spacial score (nSPS) is 18.1. The van der Waals surface area contributed by atoms with Gasteiger partial charge in [0.15, 0.2) is 0 Å². The van der Waals surface area contributed by atoms with E-state index in [0.29, 0.717) is 0 Å². The molecule has 78 valence electrons. The minimum atomic E-state index is 0. The summed E-state index contributed by atoms with van der Waals surface area (Å²) in [6, 6.07) is 0. The van der Waals surface area contributed by atoms with Gasteiger partial charge in [0.1, 0.15) is 0 Å². The standard InChI is InChI=1S/C10H15.2ClH.Ir/c1-7-6-10(4,5)9(3)8(7)2;;;/h1-5H3;2*1H;/q-1;;;+3/p-2. The van der Waals surface area contributed by atoms with E-state index in [-0.39, 0.29) is 50.3 Å². The quantitative estimate of drug-likeness (QED) is 0.385. The number of rotatable bonds is 0. The van der Waals surface area contributed by atoms with Crippen molar-refractivity contribution in [2.45, 2.75) is 34.6 Å². The van der Waals surface area contributed by atoms with Crippen LogP contribution in [0.1, 0.15) is 34.6 Å². The molecule has 0 unspecified atom stereocenters. The van der Waals surface area contributed by atoms with Gasteiger partial charge in [-0.15, -0.1) is 6.92 Å². The van der Waals surface area contributed by atoms with Crippen LogP contribution in [0.3, 0.4) is 0 Å². The first-order chi connectivity index (χ1) is 4.45. The molecule has 0 bridgehead atoms. The van der Waals surface area contributed by atoms with E-state index in [1.807, 2.05) is 0 Å². The van der Waals surface area contributed by atoms with E-state index >= 15 is 0 Å². The minimum absolute atomic E-state index is 0. The fourth-order valence-corrected chi connectivity index (χ4v) is 1.41. The smallest absolute Gasteiger partial charge is 1.00 e. The summed E-state index contributed by atoms with van der Waals surface area (Å²) in [5, 5.41) is 0. The summed E-state index contributed by atoms with van der Waals surface area (Å²) in [6.07, 6.45) is 3.44. The summed E-state index contributed by atoms with van der Waals surface area (Å²) in [7, 11) is 0. The first-order valence-corrected chi connectivity index (χ1v) is 3.75. The molecule has 0 fully saturated rings. The van der Waals surface area contributed by atoms with Crippen LogP contribution < -0.4 is 24.8 Å². The van der Waals surface area contributed by atoms with Crippen LogP contribution in [0.4, 0.5) is 0 Å². The molecule has 0 aliphatic heterocycles. The van der Waals surface area contributed by atoms with Crippen LogP contribution in [0.25, 0.3) is 0 Å². The molecule has 1 aliphatic rings. The molecule has 0 aromatic rings. The second-order valence-corrected chi connectivity index (χ2v) is 3.62. The molecule has 0 saturated carbocycles. The van der Waals surface area contributed by atoms with Gasteiger partial charge in [-0.2, -0.15) is 11.1 Å². The SMILES string of the molecule is CC1=[C-]C(C)(C)C(C)=C1C.[Cl-].[Cl-].[Ir+3]. The summed E-state index contributed by atoms with van der Waals surface area (Å²) < 4.78 is 0. The van der Waals surface area contributed by atoms with Gasteiger partial charge in [0.25, 0.3) is 0 Å². The molecule has 1 aliphatic carbocycles. The van der Waals surface area contributed by atoms with Crippen LogP contribution in [-0.4, -0.2) is 0 Å². The summed E-state index contributed by atoms with van der Waals surface area (Å²) in [6.45, 7) is 10.9. The molecule has 0 aromatic carbocycles. The zero-order valence-corrected chi connectivity index (χ0v) is 12.5. The molecule has 1 rings (SSSR count). The van der Waals surface area contributed by atoms with Gasteiger partial charge in [-0.05, 0) is 0 Å². The van der Waals surface area contributed by atoms with Crippen molar-refractivity contribution < 1.29 is 44.9 Å². The van der Waals surface area contributed by atoms with Gasteiger partial charge in [-0.3, -0.25) is 6.08 Å². The molecule has 0 aromatic heterocycles. The summed E-state index contributed by atoms with van der Waals surface area (Å²) in [4.78, 5) is 0. The first-order valence-electron chi connectivity index (χ1n) is 3.75. The Balaban J connectivity index is -0.000000333. The van der Waals surface area contributed by atoms with Gasteiger partial charge in [-0.25, -0.2) is 5.57 Å². The van der Waals surface area contributed by atoms with Crippen molar-refractivity contribution in [3.05, 3.63) is 22.8 Å². The molecule has 3 heteroatoms. The maximum atomic E-state index is 3.44. The van der Waals surface area contributed by atoms with Crippen molar-refractivity contribution >= 4 is 0 Å². The predicted molar refractivity (Wildman–Crippen MR) is 44.6 cm³/mol. The largest absolute Gasteiger partial charge is 3.00 e. The monoisotopic (exact) mass is 398 g/mol. The van der Waals surface area contributed by atoms with Crippen molar-refractivity contribution in [2.75, 3.05) is 0 Å². The van der Waals surface area contributed by atoms with E-state index in [4.69, 9.17) is 0 Å². The molecule has 0 radical (unpaired) electrons. The molecular formula is C10H15Cl2Ir. The average molecular weight is 398 g/mol. The van der Waals surface area contributed by atoms with Crippen molar-refractivity contribution in [1.29, 1.82) is 0 Å². The van der Waals surface area contributed by atoms with Crippen LogP contribution in [0, 0.1) is 11.5 Å². The molecule has 13 heavy (non-hydrogen) atoms. The van der Waals surface area contributed by atoms with Gasteiger partial charge in [0, 0.05) is 0 Å². The Morgan fingerprint density at radius 3 is 1.46 bits per heavy atom. The average Bonchev–Trinajstić information content (AvgIpc) is 1.95. The van der Waals surface area contributed by atoms with Crippen LogP contribution in [-0.2, 0) is 20.1 Å². The third-order valence-electron chi connectivity index (χ3n) is 2.56. The fourth-order valence-electron chi connectivity index (χ4n) is 1.41. The van der Waals surface area contributed by atoms with Crippen LogP contribution in [0.2, 0.25) is 0 Å². The minimum Gasteiger partial charge on any atom is -1.00 e. The molecule has 0 nitrogen and oxygen atoms in total. The van der Waals surface area contributed by atoms with E-state index in [9.17, 15) is 0 Å². The van der Waals surface area contributed by atoms with Gasteiger partial charge >= 0.3 is 20.1 Å². The number of halogens is 2. The maximum Gasteiger partial charge on any atom is 3.00 e. The number of hydrogen-bond acceptors (Lipinski definition) is 0. The Morgan fingerprint density at radius 2 is 1.38 bits per heavy atom. The summed E-state index contributed by atoms with van der Waals surface area (Å²) >= 11 is 0. The van der Waals surface area contributed by atoms with Crippen molar-refractivity contribution in [1.82, 2.24) is 0 Å². The van der Waals surface area contributed by atoms with Crippen molar-refractivity contribution in [2.24, 2.45) is 5.41 Å². The molecule has 0 amide bonds. The van der Waals surface area contributed by atoms with E-state index in [2.05, 4.69) is 40.7 Å². The van der Waals surface area contributed by atoms with Gasteiger partial charge < -0.3 is 24.8 Å². The van der Waals surface area contributed by atoms with E-state index in [1.54, 1.807) is 0 Å². The Bertz CT molecular complexity index is 227. The first kappa shape index (κ1) is 19.3. The van der Waals surface area contributed by atoms with Crippen LogP contribution in [0.15, 0.2) is 16.7 Å². The Kier molecular flexibility index (Phi) is 9.27. The van der Waals surface area contributed by atoms with Crippen molar-refractivity contribution in [3.8, 4) is 0 Å². The second-order valence-electron chi connectivity index (χ2n) is 3.62. The molecule has 0 atom stereocenters. The predicted octanol–water partition coefficient (Wildman–Crippen LogP) is -2.88. The van der Waals surface area contributed by atoms with Crippen LogP contribution in [0.5, 0.6) is 0 Å². The summed E-state index contributed by atoms with van der Waals surface area (Å²) in [5.74, 6) is 0. The zero-order chi connectivity index (χ0) is 7.94. The van der Waals surface area contributed by atoms with Gasteiger partial charge in [0.2, 0.25) is 0 Å². The fraction of sp³-hybridized carbons (Fsp3) is 0.600. The van der Waals surface area contributed by atoms with Gasteiger partial charge in [0.05, 0.1) is 0 Å². The molecule has 0 spiro atoms. The Labute approximate surface area is 107 Å². The van der Waals surface area contributed by atoms with E-state index in [0.717, 1.165) is 0 Å². The van der Waals surface area contributed by atoms with Crippen molar-refractivity contribution in [3.63, 3.8) is 0 Å². The Hall–Kier alpha value is 0.709. The molecular weight excluding hydrogens is 383 g/mol. The molecule has 0 N–H and O–H groups in total. The van der Waals surface area contributed by atoms with E-state index in [1.165, 1.54) is 16.7 Å². The third-order valence-corrected chi connectivity index (χ3v) is 2.56. The molecule has 0 heterocycles. The zero-order valence-electron chi connectivity index (χ0n) is 8.59. The number of hydrogen-bond donors (Lipinski definition) is 0.